The van der Waals surface area contributed by atoms with E-state index < -0.39 is 0 Å². The maximum absolute atomic E-state index is 12.0. The van der Waals surface area contributed by atoms with Gasteiger partial charge in [-0.1, -0.05) is 29.0 Å². The van der Waals surface area contributed by atoms with Crippen LogP contribution in [0.4, 0.5) is 5.69 Å². The number of nitrogens with one attached hydrogen (secondary N) is 2. The lowest BCUT2D eigenvalue weighted by Crippen LogP contribution is -2.12. The van der Waals surface area contributed by atoms with Crippen molar-refractivity contribution >= 4 is 22.9 Å². The van der Waals surface area contributed by atoms with E-state index in [0.717, 1.165) is 28.2 Å². The molecule has 18 heavy (non-hydrogen) atoms. The second-order valence-corrected chi connectivity index (χ2v) is 5.22. The highest BCUT2D eigenvalue weighted by Gasteiger charge is 2.14. The van der Waals surface area contributed by atoms with Gasteiger partial charge in [0.25, 0.3) is 5.91 Å². The maximum Gasteiger partial charge on any atom is 0.305 e. The van der Waals surface area contributed by atoms with Gasteiger partial charge in [-0.15, -0.1) is 0 Å². The molecule has 1 heterocycles. The van der Waals surface area contributed by atoms with Gasteiger partial charge in [0.15, 0.2) is 0 Å². The van der Waals surface area contributed by atoms with Crippen molar-refractivity contribution in [2.24, 2.45) is 0 Å². The minimum Gasteiger partial charge on any atom is -0.321 e. The van der Waals surface area contributed by atoms with Crippen LogP contribution in [0, 0.1) is 20.8 Å². The van der Waals surface area contributed by atoms with E-state index in [1.54, 1.807) is 6.92 Å². The summed E-state index contributed by atoms with van der Waals surface area (Å²) in [5.41, 5.74) is 3.52. The van der Waals surface area contributed by atoms with E-state index in [1.165, 1.54) is 0 Å². The van der Waals surface area contributed by atoms with Gasteiger partial charge in [-0.2, -0.15) is 0 Å². The Morgan fingerprint density at radius 1 is 1.28 bits per heavy atom. The Labute approximate surface area is 109 Å². The van der Waals surface area contributed by atoms with Gasteiger partial charge in [-0.05, 0) is 32.4 Å². The largest absolute Gasteiger partial charge is 0.321 e. The lowest BCUT2D eigenvalue weighted by atomic mass is 10.1. The van der Waals surface area contributed by atoms with Gasteiger partial charge in [0.05, 0.1) is 0 Å². The third-order valence-corrected chi connectivity index (χ3v) is 3.64. The lowest BCUT2D eigenvalue weighted by Gasteiger charge is -2.08. The van der Waals surface area contributed by atoms with Crippen LogP contribution in [0.25, 0.3) is 0 Å². The van der Waals surface area contributed by atoms with Crippen molar-refractivity contribution in [1.82, 2.24) is 4.98 Å². The average Bonchev–Trinajstić information content (AvgIpc) is 2.62. The van der Waals surface area contributed by atoms with E-state index >= 15 is 0 Å². The van der Waals surface area contributed by atoms with Crippen LogP contribution in [-0.4, -0.2) is 10.9 Å². The molecule has 0 spiro atoms. The molecule has 0 atom stereocenters. The average molecular weight is 262 g/mol. The second kappa shape index (κ2) is 4.78. The fourth-order valence-corrected chi connectivity index (χ4v) is 2.49. The summed E-state index contributed by atoms with van der Waals surface area (Å²) < 4.78 is 0. The number of H-pyrrole nitrogens is 1. The molecule has 2 aromatic rings. The topological polar surface area (TPSA) is 62.0 Å². The van der Waals surface area contributed by atoms with Crippen molar-refractivity contribution in [2.45, 2.75) is 20.8 Å². The number of aromatic nitrogens is 1. The third-order valence-electron chi connectivity index (χ3n) is 2.66. The first-order valence-corrected chi connectivity index (χ1v) is 6.37. The Morgan fingerprint density at radius 2 is 2.00 bits per heavy atom. The van der Waals surface area contributed by atoms with Gasteiger partial charge in [-0.25, -0.2) is 0 Å². The number of carbonyl (C=O) groups excluding carboxylic acids is 1. The number of anilines is 1. The van der Waals surface area contributed by atoms with Crippen LogP contribution in [0.15, 0.2) is 23.0 Å². The van der Waals surface area contributed by atoms with Crippen LogP contribution < -0.4 is 10.2 Å². The Balaban J connectivity index is 2.26. The summed E-state index contributed by atoms with van der Waals surface area (Å²) in [6.07, 6.45) is 0. The monoisotopic (exact) mass is 262 g/mol. The molecule has 0 bridgehead atoms. The van der Waals surface area contributed by atoms with Crippen molar-refractivity contribution in [3.8, 4) is 0 Å². The molecule has 0 aliphatic rings. The number of aromatic amines is 1. The highest BCUT2D eigenvalue weighted by atomic mass is 32.1. The summed E-state index contributed by atoms with van der Waals surface area (Å²) >= 11 is 0.928. The molecule has 0 fully saturated rings. The summed E-state index contributed by atoms with van der Waals surface area (Å²) in [6, 6.07) is 5.81. The Hall–Kier alpha value is -1.88. The number of hydrogen-bond donors (Lipinski definition) is 2. The zero-order chi connectivity index (χ0) is 13.3. The van der Waals surface area contributed by atoms with Crippen molar-refractivity contribution in [1.29, 1.82) is 0 Å². The Morgan fingerprint density at radius 3 is 2.56 bits per heavy atom. The van der Waals surface area contributed by atoms with Crippen LogP contribution >= 0.6 is 11.3 Å². The van der Waals surface area contributed by atoms with Crippen molar-refractivity contribution in [3.63, 3.8) is 0 Å². The van der Waals surface area contributed by atoms with Crippen LogP contribution in [0.2, 0.25) is 0 Å². The van der Waals surface area contributed by atoms with Crippen molar-refractivity contribution in [2.75, 3.05) is 5.32 Å². The van der Waals surface area contributed by atoms with Gasteiger partial charge in [0.1, 0.15) is 4.88 Å². The van der Waals surface area contributed by atoms with E-state index in [9.17, 15) is 9.59 Å². The van der Waals surface area contributed by atoms with E-state index in [4.69, 9.17) is 0 Å². The molecule has 1 amide bonds. The molecular formula is C13H14N2O2S. The third kappa shape index (κ3) is 2.51. The highest BCUT2D eigenvalue weighted by Crippen LogP contribution is 2.18. The number of aryl methyl sites for hydroxylation is 3. The molecule has 2 N–H and O–H groups in total. The number of rotatable bonds is 2. The number of hydrogen-bond acceptors (Lipinski definition) is 3. The summed E-state index contributed by atoms with van der Waals surface area (Å²) in [5.74, 6) is -0.247. The first kappa shape index (κ1) is 12.6. The molecule has 0 aliphatic heterocycles. The highest BCUT2D eigenvalue weighted by molar-refractivity contribution is 7.11. The summed E-state index contributed by atoms with van der Waals surface area (Å²) in [7, 11) is 0. The van der Waals surface area contributed by atoms with E-state index in [2.05, 4.69) is 10.3 Å². The molecule has 0 saturated heterocycles. The number of benzene rings is 1. The Bertz CT molecular complexity index is 655. The quantitative estimate of drug-likeness (QED) is 0.874. The van der Waals surface area contributed by atoms with E-state index in [1.807, 2.05) is 32.0 Å². The number of carbonyl (C=O) groups is 1. The standard InChI is InChI=1S/C13H14N2O2S/c1-7-4-5-10(8(2)6-7)15-12(16)11-9(3)14-13(17)18-11/h4-6H,1-3H3,(H,14,17)(H,15,16). The predicted octanol–water partition coefficient (Wildman–Crippen LogP) is 2.61. The van der Waals surface area contributed by atoms with E-state index in [-0.39, 0.29) is 10.8 Å². The molecule has 0 radical (unpaired) electrons. The fourth-order valence-electron chi connectivity index (χ4n) is 1.75. The van der Waals surface area contributed by atoms with Crippen LogP contribution in [0.1, 0.15) is 26.5 Å². The SMILES string of the molecule is Cc1ccc(NC(=O)c2sc(=O)[nH]c2C)c(C)c1. The smallest absolute Gasteiger partial charge is 0.305 e. The lowest BCUT2D eigenvalue weighted by molar-refractivity contribution is 0.102. The molecule has 0 saturated carbocycles. The molecule has 1 aromatic heterocycles. The van der Waals surface area contributed by atoms with Gasteiger partial charge in [0.2, 0.25) is 0 Å². The summed E-state index contributed by atoms with van der Waals surface area (Å²) in [4.78, 5) is 26.0. The first-order chi connectivity index (χ1) is 8.47. The summed E-state index contributed by atoms with van der Waals surface area (Å²) in [6.45, 7) is 5.66. The molecular weight excluding hydrogens is 248 g/mol. The maximum atomic E-state index is 12.0. The molecule has 1 aromatic carbocycles. The van der Waals surface area contributed by atoms with Crippen LogP contribution in [-0.2, 0) is 0 Å². The number of thiazole rings is 1. The second-order valence-electron chi connectivity index (χ2n) is 4.24. The van der Waals surface area contributed by atoms with Crippen molar-refractivity contribution in [3.05, 3.63) is 49.6 Å². The minimum absolute atomic E-state index is 0.210. The predicted molar refractivity (Wildman–Crippen MR) is 73.5 cm³/mol. The molecule has 0 unspecified atom stereocenters. The zero-order valence-electron chi connectivity index (χ0n) is 10.5. The van der Waals surface area contributed by atoms with Crippen LogP contribution in [0.3, 0.4) is 0 Å². The zero-order valence-corrected chi connectivity index (χ0v) is 11.3. The van der Waals surface area contributed by atoms with Gasteiger partial charge in [-0.3, -0.25) is 9.59 Å². The Kier molecular flexibility index (Phi) is 3.34. The molecule has 5 heteroatoms. The van der Waals surface area contributed by atoms with Gasteiger partial charge >= 0.3 is 4.87 Å². The first-order valence-electron chi connectivity index (χ1n) is 5.55. The number of amides is 1. The normalized spacial score (nSPS) is 10.4. The van der Waals surface area contributed by atoms with Crippen LogP contribution in [0.5, 0.6) is 0 Å². The molecule has 4 nitrogen and oxygen atoms in total. The molecule has 94 valence electrons. The molecule has 2 rings (SSSR count). The van der Waals surface area contributed by atoms with Gasteiger partial charge < -0.3 is 10.3 Å². The van der Waals surface area contributed by atoms with E-state index in [0.29, 0.717) is 10.6 Å². The fraction of sp³-hybridized carbons (Fsp3) is 0.231. The van der Waals surface area contributed by atoms with Gasteiger partial charge in [0, 0.05) is 11.4 Å². The molecule has 0 aliphatic carbocycles. The van der Waals surface area contributed by atoms with Crippen molar-refractivity contribution < 1.29 is 4.79 Å². The minimum atomic E-state index is -0.247. The summed E-state index contributed by atoms with van der Waals surface area (Å²) in [5, 5.41) is 2.82.